The van der Waals surface area contributed by atoms with E-state index in [1.54, 1.807) is 24.3 Å². The van der Waals surface area contributed by atoms with Gasteiger partial charge in [-0.1, -0.05) is 23.7 Å². The van der Waals surface area contributed by atoms with Crippen LogP contribution >= 0.6 is 0 Å². The first-order chi connectivity index (χ1) is 9.74. The summed E-state index contributed by atoms with van der Waals surface area (Å²) in [6.45, 7) is 0. The Bertz CT molecular complexity index is 652. The summed E-state index contributed by atoms with van der Waals surface area (Å²) in [5.41, 5.74) is 1.05. The lowest BCUT2D eigenvalue weighted by Gasteiger charge is -1.96. The van der Waals surface area contributed by atoms with Crippen LogP contribution in [0.5, 0.6) is 0 Å². The Labute approximate surface area is 115 Å². The number of benzene rings is 1. The van der Waals surface area contributed by atoms with Crippen LogP contribution in [-0.4, -0.2) is 21.2 Å². The van der Waals surface area contributed by atoms with Crippen molar-refractivity contribution in [2.45, 2.75) is 25.2 Å². The van der Waals surface area contributed by atoms with Crippen LogP contribution in [0.25, 0.3) is 11.4 Å². The van der Waals surface area contributed by atoms with Crippen molar-refractivity contribution in [2.75, 3.05) is 0 Å². The second-order valence-electron chi connectivity index (χ2n) is 5.62. The molecule has 2 aliphatic carbocycles. The summed E-state index contributed by atoms with van der Waals surface area (Å²) < 4.78 is 5.38. The van der Waals surface area contributed by atoms with Gasteiger partial charge >= 0.3 is 5.97 Å². The standard InChI is InChI=1S/C15H14N2O3/c18-15(19)9-6-4-8(5-7-9)13-16-14(20-17-13)12-10-2-1-3-11(10)12/h4-7,10-12H,1-3H2,(H,18,19). The molecular formula is C15H14N2O3. The summed E-state index contributed by atoms with van der Waals surface area (Å²) in [4.78, 5) is 15.3. The van der Waals surface area contributed by atoms with E-state index in [-0.39, 0.29) is 5.56 Å². The Morgan fingerprint density at radius 3 is 2.55 bits per heavy atom. The Morgan fingerprint density at radius 2 is 1.90 bits per heavy atom. The van der Waals surface area contributed by atoms with Crippen LogP contribution in [0.15, 0.2) is 28.8 Å². The van der Waals surface area contributed by atoms with Gasteiger partial charge in [0, 0.05) is 11.5 Å². The molecule has 0 aliphatic heterocycles. The van der Waals surface area contributed by atoms with E-state index in [1.165, 1.54) is 19.3 Å². The Hall–Kier alpha value is -2.17. The Morgan fingerprint density at radius 1 is 1.20 bits per heavy atom. The van der Waals surface area contributed by atoms with Crippen molar-refractivity contribution in [2.24, 2.45) is 11.8 Å². The number of hydrogen-bond donors (Lipinski definition) is 1. The maximum Gasteiger partial charge on any atom is 0.335 e. The van der Waals surface area contributed by atoms with E-state index in [9.17, 15) is 4.79 Å². The van der Waals surface area contributed by atoms with Crippen molar-refractivity contribution >= 4 is 5.97 Å². The monoisotopic (exact) mass is 270 g/mol. The topological polar surface area (TPSA) is 76.2 Å². The molecule has 1 aromatic carbocycles. The fraction of sp³-hybridized carbons (Fsp3) is 0.400. The van der Waals surface area contributed by atoms with Gasteiger partial charge in [-0.25, -0.2) is 4.79 Å². The van der Waals surface area contributed by atoms with Crippen LogP contribution in [-0.2, 0) is 0 Å². The normalized spacial score (nSPS) is 27.3. The molecule has 2 atom stereocenters. The number of carbonyl (C=O) groups is 1. The smallest absolute Gasteiger partial charge is 0.335 e. The lowest BCUT2D eigenvalue weighted by Crippen LogP contribution is -1.95. The molecule has 4 rings (SSSR count). The van der Waals surface area contributed by atoms with Crippen LogP contribution in [0.2, 0.25) is 0 Å². The third-order valence-corrected chi connectivity index (χ3v) is 4.52. The molecular weight excluding hydrogens is 256 g/mol. The van der Waals surface area contributed by atoms with E-state index < -0.39 is 5.97 Å². The number of carboxylic acids is 1. The molecule has 0 radical (unpaired) electrons. The van der Waals surface area contributed by atoms with Crippen molar-refractivity contribution in [1.29, 1.82) is 0 Å². The van der Waals surface area contributed by atoms with E-state index >= 15 is 0 Å². The van der Waals surface area contributed by atoms with Crippen molar-refractivity contribution in [3.63, 3.8) is 0 Å². The molecule has 1 N–H and O–H groups in total. The molecule has 5 heteroatoms. The van der Waals surface area contributed by atoms with Gasteiger partial charge in [0.05, 0.1) is 5.56 Å². The van der Waals surface area contributed by atoms with Gasteiger partial charge in [0.25, 0.3) is 0 Å². The zero-order chi connectivity index (χ0) is 13.7. The van der Waals surface area contributed by atoms with Crippen LogP contribution < -0.4 is 0 Å². The lowest BCUT2D eigenvalue weighted by atomic mass is 10.1. The highest BCUT2D eigenvalue weighted by Crippen LogP contribution is 2.62. The Kier molecular flexibility index (Phi) is 2.42. The van der Waals surface area contributed by atoms with E-state index in [2.05, 4.69) is 10.1 Å². The highest BCUT2D eigenvalue weighted by atomic mass is 16.5. The molecule has 2 fully saturated rings. The first kappa shape index (κ1) is 11.6. The molecule has 20 heavy (non-hydrogen) atoms. The maximum absolute atomic E-state index is 10.8. The molecule has 1 aromatic heterocycles. The number of nitrogens with zero attached hydrogens (tertiary/aromatic N) is 2. The Balaban J connectivity index is 1.57. The van der Waals surface area contributed by atoms with Gasteiger partial charge < -0.3 is 9.63 Å². The molecule has 2 aliphatic rings. The minimum Gasteiger partial charge on any atom is -0.478 e. The third kappa shape index (κ3) is 1.73. The molecule has 0 spiro atoms. The molecule has 0 saturated heterocycles. The summed E-state index contributed by atoms with van der Waals surface area (Å²) in [6, 6.07) is 6.54. The number of rotatable bonds is 3. The highest BCUT2D eigenvalue weighted by Gasteiger charge is 2.56. The van der Waals surface area contributed by atoms with Crippen LogP contribution in [0, 0.1) is 11.8 Å². The van der Waals surface area contributed by atoms with Gasteiger partial charge in [-0.05, 0) is 36.8 Å². The molecule has 0 amide bonds. The van der Waals surface area contributed by atoms with E-state index in [0.29, 0.717) is 11.7 Å². The minimum absolute atomic E-state index is 0.259. The molecule has 2 aromatic rings. The SMILES string of the molecule is O=C(O)c1ccc(-c2noc(C3C4CCCC43)n2)cc1. The van der Waals surface area contributed by atoms with Gasteiger partial charge in [-0.15, -0.1) is 0 Å². The number of carboxylic acid groups (broad SMARTS) is 1. The predicted molar refractivity (Wildman–Crippen MR) is 70.3 cm³/mol. The molecule has 5 nitrogen and oxygen atoms in total. The van der Waals surface area contributed by atoms with Crippen LogP contribution in [0.1, 0.15) is 41.4 Å². The summed E-state index contributed by atoms with van der Waals surface area (Å²) in [5.74, 6) is 2.31. The van der Waals surface area contributed by atoms with Crippen LogP contribution in [0.4, 0.5) is 0 Å². The third-order valence-electron chi connectivity index (χ3n) is 4.52. The van der Waals surface area contributed by atoms with Crippen molar-refractivity contribution < 1.29 is 14.4 Å². The quantitative estimate of drug-likeness (QED) is 0.927. The van der Waals surface area contributed by atoms with E-state index in [4.69, 9.17) is 9.63 Å². The number of aromatic nitrogens is 2. The highest BCUT2D eigenvalue weighted by molar-refractivity contribution is 5.88. The van der Waals surface area contributed by atoms with Crippen LogP contribution in [0.3, 0.4) is 0 Å². The molecule has 0 bridgehead atoms. The largest absolute Gasteiger partial charge is 0.478 e. The van der Waals surface area contributed by atoms with Gasteiger partial charge in [-0.3, -0.25) is 0 Å². The second kappa shape index (κ2) is 4.16. The van der Waals surface area contributed by atoms with Gasteiger partial charge in [-0.2, -0.15) is 4.98 Å². The predicted octanol–water partition coefficient (Wildman–Crippen LogP) is 2.95. The number of aromatic carboxylic acids is 1. The molecule has 102 valence electrons. The summed E-state index contributed by atoms with van der Waals surface area (Å²) in [6.07, 6.45) is 3.88. The fourth-order valence-electron chi connectivity index (χ4n) is 3.44. The lowest BCUT2D eigenvalue weighted by molar-refractivity contribution is 0.0697. The average molecular weight is 270 g/mol. The van der Waals surface area contributed by atoms with Gasteiger partial charge in [0.15, 0.2) is 0 Å². The zero-order valence-electron chi connectivity index (χ0n) is 10.8. The molecule has 1 heterocycles. The van der Waals surface area contributed by atoms with Gasteiger partial charge in [0.1, 0.15) is 0 Å². The van der Waals surface area contributed by atoms with Crippen molar-refractivity contribution in [1.82, 2.24) is 10.1 Å². The number of fused-ring (bicyclic) bond motifs is 1. The summed E-state index contributed by atoms with van der Waals surface area (Å²) >= 11 is 0. The fourth-order valence-corrected chi connectivity index (χ4v) is 3.44. The number of hydrogen-bond acceptors (Lipinski definition) is 4. The molecule has 2 unspecified atom stereocenters. The van der Waals surface area contributed by atoms with Crippen molar-refractivity contribution in [3.8, 4) is 11.4 Å². The first-order valence-corrected chi connectivity index (χ1v) is 6.91. The molecule has 2 saturated carbocycles. The van der Waals surface area contributed by atoms with Crippen molar-refractivity contribution in [3.05, 3.63) is 35.7 Å². The minimum atomic E-state index is -0.934. The summed E-state index contributed by atoms with van der Waals surface area (Å²) in [7, 11) is 0. The summed E-state index contributed by atoms with van der Waals surface area (Å²) in [5, 5.41) is 12.9. The van der Waals surface area contributed by atoms with E-state index in [0.717, 1.165) is 23.3 Å². The maximum atomic E-state index is 10.8. The second-order valence-corrected chi connectivity index (χ2v) is 5.62. The zero-order valence-corrected chi connectivity index (χ0v) is 10.8. The van der Waals surface area contributed by atoms with E-state index in [1.807, 2.05) is 0 Å². The first-order valence-electron chi connectivity index (χ1n) is 6.91. The average Bonchev–Trinajstić information content (AvgIpc) is 2.90. The van der Waals surface area contributed by atoms with Gasteiger partial charge in [0.2, 0.25) is 11.7 Å².